The van der Waals surface area contributed by atoms with Crippen LogP contribution in [0.1, 0.15) is 11.6 Å². The summed E-state index contributed by atoms with van der Waals surface area (Å²) in [5, 5.41) is 6.00. The van der Waals surface area contributed by atoms with Crippen LogP contribution in [0.4, 0.5) is 0 Å². The van der Waals surface area contributed by atoms with Gasteiger partial charge >= 0.3 is 0 Å². The lowest BCUT2D eigenvalue weighted by Gasteiger charge is -2.25. The lowest BCUT2D eigenvalue weighted by Crippen LogP contribution is -2.47. The number of rotatable bonds is 2. The Balaban J connectivity index is 2.36. The van der Waals surface area contributed by atoms with Crippen LogP contribution in [0.25, 0.3) is 0 Å². The average Bonchev–Trinajstić information content (AvgIpc) is 2.29. The molecule has 16 heavy (non-hydrogen) atoms. The summed E-state index contributed by atoms with van der Waals surface area (Å²) >= 11 is 3.40. The summed E-state index contributed by atoms with van der Waals surface area (Å²) in [4.78, 5) is 11.7. The van der Waals surface area contributed by atoms with Crippen molar-refractivity contribution < 1.29 is 9.53 Å². The van der Waals surface area contributed by atoms with E-state index >= 15 is 0 Å². The Bertz CT molecular complexity index is 409. The van der Waals surface area contributed by atoms with Gasteiger partial charge in [0.25, 0.3) is 0 Å². The first-order valence-electron chi connectivity index (χ1n) is 5.07. The Morgan fingerprint density at radius 3 is 2.94 bits per heavy atom. The van der Waals surface area contributed by atoms with Crippen LogP contribution in [0.2, 0.25) is 0 Å². The van der Waals surface area contributed by atoms with Crippen molar-refractivity contribution in [3.8, 4) is 5.75 Å². The standard InChI is InChI=1S/C11H13BrN2O2/c1-16-9-3-2-7(12)6-8(9)10-11(15)14-5-4-13-10/h2-3,6,10,13H,4-5H2,1H3,(H,14,15). The Labute approximate surface area is 102 Å². The maximum absolute atomic E-state index is 11.7. The molecular formula is C11H13BrN2O2. The highest BCUT2D eigenvalue weighted by Crippen LogP contribution is 2.29. The van der Waals surface area contributed by atoms with Crippen LogP contribution in [-0.4, -0.2) is 26.1 Å². The quantitative estimate of drug-likeness (QED) is 0.859. The molecule has 0 saturated carbocycles. The largest absolute Gasteiger partial charge is 0.496 e. The van der Waals surface area contributed by atoms with Crippen molar-refractivity contribution in [1.29, 1.82) is 0 Å². The summed E-state index contributed by atoms with van der Waals surface area (Å²) < 4.78 is 6.19. The topological polar surface area (TPSA) is 50.4 Å². The first-order valence-corrected chi connectivity index (χ1v) is 5.86. The van der Waals surface area contributed by atoms with E-state index in [2.05, 4.69) is 26.6 Å². The first kappa shape index (κ1) is 11.4. The van der Waals surface area contributed by atoms with Crippen LogP contribution < -0.4 is 15.4 Å². The van der Waals surface area contributed by atoms with Gasteiger partial charge in [-0.25, -0.2) is 0 Å². The molecule has 1 aliphatic rings. The number of carbonyl (C=O) groups is 1. The molecule has 1 amide bonds. The second-order valence-electron chi connectivity index (χ2n) is 3.56. The van der Waals surface area contributed by atoms with E-state index in [0.717, 1.165) is 22.3 Å². The predicted molar refractivity (Wildman–Crippen MR) is 64.4 cm³/mol. The minimum Gasteiger partial charge on any atom is -0.496 e. The van der Waals surface area contributed by atoms with Gasteiger partial charge in [-0.3, -0.25) is 4.79 Å². The van der Waals surface area contributed by atoms with Crippen molar-refractivity contribution in [1.82, 2.24) is 10.6 Å². The average molecular weight is 285 g/mol. The van der Waals surface area contributed by atoms with Crippen LogP contribution in [0.5, 0.6) is 5.75 Å². The van der Waals surface area contributed by atoms with E-state index in [9.17, 15) is 4.79 Å². The molecule has 4 nitrogen and oxygen atoms in total. The van der Waals surface area contributed by atoms with Crippen LogP contribution in [0.3, 0.4) is 0 Å². The molecule has 5 heteroatoms. The van der Waals surface area contributed by atoms with Crippen molar-refractivity contribution in [3.05, 3.63) is 28.2 Å². The lowest BCUT2D eigenvalue weighted by atomic mass is 10.0. The summed E-state index contributed by atoms with van der Waals surface area (Å²) in [5.74, 6) is 0.709. The fraction of sp³-hybridized carbons (Fsp3) is 0.364. The summed E-state index contributed by atoms with van der Waals surface area (Å²) in [6.45, 7) is 1.44. The second-order valence-corrected chi connectivity index (χ2v) is 4.48. The van der Waals surface area contributed by atoms with E-state index in [1.54, 1.807) is 7.11 Å². The molecule has 1 heterocycles. The molecule has 86 valence electrons. The van der Waals surface area contributed by atoms with Crippen LogP contribution in [0.15, 0.2) is 22.7 Å². The molecule has 0 bridgehead atoms. The number of methoxy groups -OCH3 is 1. The molecule has 1 aromatic rings. The van der Waals surface area contributed by atoms with Gasteiger partial charge in [0, 0.05) is 23.1 Å². The van der Waals surface area contributed by atoms with Crippen LogP contribution >= 0.6 is 15.9 Å². The third-order valence-corrected chi connectivity index (χ3v) is 3.03. The van der Waals surface area contributed by atoms with Gasteiger partial charge in [-0.1, -0.05) is 15.9 Å². The molecule has 2 rings (SSSR count). The predicted octanol–water partition coefficient (Wildman–Crippen LogP) is 1.22. The fourth-order valence-electron chi connectivity index (χ4n) is 1.78. The van der Waals surface area contributed by atoms with Crippen molar-refractivity contribution in [3.63, 3.8) is 0 Å². The van der Waals surface area contributed by atoms with E-state index in [-0.39, 0.29) is 11.9 Å². The van der Waals surface area contributed by atoms with Crippen LogP contribution in [0, 0.1) is 0 Å². The van der Waals surface area contributed by atoms with Gasteiger partial charge in [0.2, 0.25) is 5.91 Å². The number of amides is 1. The summed E-state index contributed by atoms with van der Waals surface area (Å²) in [6.07, 6.45) is 0. The number of ether oxygens (including phenoxy) is 1. The molecule has 0 aliphatic carbocycles. The second kappa shape index (κ2) is 4.84. The monoisotopic (exact) mass is 284 g/mol. The van der Waals surface area contributed by atoms with E-state index in [1.807, 2.05) is 18.2 Å². The Morgan fingerprint density at radius 1 is 1.44 bits per heavy atom. The minimum absolute atomic E-state index is 0.0114. The summed E-state index contributed by atoms with van der Waals surface area (Å²) in [7, 11) is 1.60. The number of nitrogens with one attached hydrogen (secondary N) is 2. The number of benzene rings is 1. The Morgan fingerprint density at radius 2 is 2.25 bits per heavy atom. The molecule has 0 aromatic heterocycles. The lowest BCUT2D eigenvalue weighted by molar-refractivity contribution is -0.124. The highest BCUT2D eigenvalue weighted by Gasteiger charge is 2.26. The Kier molecular flexibility index (Phi) is 3.46. The minimum atomic E-state index is -0.332. The molecule has 0 radical (unpaired) electrons. The van der Waals surface area contributed by atoms with Crippen molar-refractivity contribution in [2.24, 2.45) is 0 Å². The third-order valence-electron chi connectivity index (χ3n) is 2.54. The van der Waals surface area contributed by atoms with E-state index < -0.39 is 0 Å². The number of halogens is 1. The molecule has 1 aromatic carbocycles. The molecule has 1 atom stereocenters. The molecule has 2 N–H and O–H groups in total. The first-order chi connectivity index (χ1) is 7.72. The normalized spacial score (nSPS) is 20.4. The maximum atomic E-state index is 11.7. The molecular weight excluding hydrogens is 272 g/mol. The van der Waals surface area contributed by atoms with Crippen molar-refractivity contribution in [2.75, 3.05) is 20.2 Å². The van der Waals surface area contributed by atoms with Gasteiger partial charge in [-0.15, -0.1) is 0 Å². The number of hydrogen-bond donors (Lipinski definition) is 2. The van der Waals surface area contributed by atoms with E-state index in [4.69, 9.17) is 4.74 Å². The molecule has 1 saturated heterocycles. The van der Waals surface area contributed by atoms with Crippen LogP contribution in [-0.2, 0) is 4.79 Å². The van der Waals surface area contributed by atoms with Gasteiger partial charge in [0.15, 0.2) is 0 Å². The maximum Gasteiger partial charge on any atom is 0.241 e. The van der Waals surface area contributed by atoms with Gasteiger partial charge in [-0.2, -0.15) is 0 Å². The zero-order valence-corrected chi connectivity index (χ0v) is 10.5. The van der Waals surface area contributed by atoms with Crippen molar-refractivity contribution in [2.45, 2.75) is 6.04 Å². The SMILES string of the molecule is COc1ccc(Br)cc1C1NCCNC1=O. The van der Waals surface area contributed by atoms with Gasteiger partial charge < -0.3 is 15.4 Å². The van der Waals surface area contributed by atoms with E-state index in [0.29, 0.717) is 6.54 Å². The Hall–Kier alpha value is -1.07. The summed E-state index contributed by atoms with van der Waals surface area (Å²) in [6, 6.07) is 5.31. The molecule has 0 spiro atoms. The van der Waals surface area contributed by atoms with E-state index in [1.165, 1.54) is 0 Å². The van der Waals surface area contributed by atoms with Gasteiger partial charge in [0.05, 0.1) is 7.11 Å². The number of hydrogen-bond acceptors (Lipinski definition) is 3. The zero-order valence-electron chi connectivity index (χ0n) is 8.92. The fourth-order valence-corrected chi connectivity index (χ4v) is 2.16. The number of piperazine rings is 1. The smallest absolute Gasteiger partial charge is 0.241 e. The zero-order chi connectivity index (χ0) is 11.5. The van der Waals surface area contributed by atoms with Crippen molar-refractivity contribution >= 4 is 21.8 Å². The van der Waals surface area contributed by atoms with Gasteiger partial charge in [-0.05, 0) is 18.2 Å². The highest BCUT2D eigenvalue weighted by molar-refractivity contribution is 9.10. The highest BCUT2D eigenvalue weighted by atomic mass is 79.9. The molecule has 1 unspecified atom stereocenters. The molecule has 1 fully saturated rings. The number of carbonyl (C=O) groups excluding carboxylic acids is 1. The van der Waals surface area contributed by atoms with Gasteiger partial charge in [0.1, 0.15) is 11.8 Å². The molecule has 1 aliphatic heterocycles. The third kappa shape index (κ3) is 2.20. The summed E-state index contributed by atoms with van der Waals surface area (Å²) in [5.41, 5.74) is 0.856.